The zero-order chi connectivity index (χ0) is 13.0. The normalized spacial score (nSPS) is 15.4. The Labute approximate surface area is 105 Å². The Kier molecular flexibility index (Phi) is 3.81. The number of anilines is 1. The highest BCUT2D eigenvalue weighted by molar-refractivity contribution is 5.99. The van der Waals surface area contributed by atoms with Crippen molar-refractivity contribution in [3.05, 3.63) is 11.8 Å². The number of nitrogen functional groups attached to an aromatic ring is 1. The Morgan fingerprint density at radius 3 is 2.72 bits per heavy atom. The van der Waals surface area contributed by atoms with Gasteiger partial charge in [-0.05, 0) is 19.3 Å². The summed E-state index contributed by atoms with van der Waals surface area (Å²) in [6, 6.07) is 0. The van der Waals surface area contributed by atoms with E-state index in [-0.39, 0.29) is 29.7 Å². The predicted molar refractivity (Wildman–Crippen MR) is 65.8 cm³/mol. The standard InChI is InChI=1S/C11H17N5O2/c12-10-8(6-14-15-10)11(18)13-7-9(17)16-4-2-1-3-5-16/h6H,1-5,7H2,(H,13,18)(H3,12,14,15). The van der Waals surface area contributed by atoms with Crippen LogP contribution in [0.4, 0.5) is 5.82 Å². The topological polar surface area (TPSA) is 104 Å². The summed E-state index contributed by atoms with van der Waals surface area (Å²) in [5.74, 6) is -0.227. The molecule has 0 aliphatic carbocycles. The third-order valence-corrected chi connectivity index (χ3v) is 3.02. The molecule has 1 aromatic rings. The highest BCUT2D eigenvalue weighted by atomic mass is 16.2. The molecule has 1 aliphatic rings. The van der Waals surface area contributed by atoms with E-state index in [1.807, 2.05) is 0 Å². The molecular formula is C11H17N5O2. The molecule has 0 unspecified atom stereocenters. The van der Waals surface area contributed by atoms with E-state index in [0.29, 0.717) is 0 Å². The molecule has 0 saturated carbocycles. The maximum Gasteiger partial charge on any atom is 0.257 e. The van der Waals surface area contributed by atoms with Gasteiger partial charge in [0.05, 0.1) is 12.7 Å². The van der Waals surface area contributed by atoms with Gasteiger partial charge in [-0.25, -0.2) is 0 Å². The molecule has 1 aliphatic heterocycles. The van der Waals surface area contributed by atoms with Crippen LogP contribution in [0.2, 0.25) is 0 Å². The van der Waals surface area contributed by atoms with Gasteiger partial charge >= 0.3 is 0 Å². The first kappa shape index (κ1) is 12.4. The van der Waals surface area contributed by atoms with Crippen molar-refractivity contribution in [2.24, 2.45) is 0 Å². The molecule has 1 aromatic heterocycles. The largest absolute Gasteiger partial charge is 0.383 e. The van der Waals surface area contributed by atoms with Crippen LogP contribution >= 0.6 is 0 Å². The number of likely N-dealkylation sites (tertiary alicyclic amines) is 1. The fourth-order valence-electron chi connectivity index (χ4n) is 1.98. The minimum atomic E-state index is -0.383. The second-order valence-electron chi connectivity index (χ2n) is 4.32. The Morgan fingerprint density at radius 1 is 1.39 bits per heavy atom. The van der Waals surface area contributed by atoms with Crippen molar-refractivity contribution in [1.82, 2.24) is 20.4 Å². The number of aromatic nitrogens is 2. The van der Waals surface area contributed by atoms with Crippen LogP contribution in [0, 0.1) is 0 Å². The molecule has 0 radical (unpaired) electrons. The number of carbonyl (C=O) groups is 2. The predicted octanol–water partition coefficient (Wildman–Crippen LogP) is -0.266. The highest BCUT2D eigenvalue weighted by Gasteiger charge is 2.18. The quantitative estimate of drug-likeness (QED) is 0.688. The molecule has 0 bridgehead atoms. The molecule has 0 aromatic carbocycles. The van der Waals surface area contributed by atoms with Crippen LogP contribution in [0.15, 0.2) is 6.20 Å². The lowest BCUT2D eigenvalue weighted by atomic mass is 10.1. The molecular weight excluding hydrogens is 234 g/mol. The van der Waals surface area contributed by atoms with Crippen molar-refractivity contribution in [2.45, 2.75) is 19.3 Å². The number of piperidine rings is 1. The molecule has 2 heterocycles. The molecule has 98 valence electrons. The van der Waals surface area contributed by atoms with Crippen LogP contribution < -0.4 is 11.1 Å². The average molecular weight is 251 g/mol. The summed E-state index contributed by atoms with van der Waals surface area (Å²) in [5.41, 5.74) is 5.78. The van der Waals surface area contributed by atoms with Crippen LogP contribution in [-0.2, 0) is 4.79 Å². The lowest BCUT2D eigenvalue weighted by Crippen LogP contribution is -2.42. The number of carbonyl (C=O) groups excluding carboxylic acids is 2. The number of nitrogens with one attached hydrogen (secondary N) is 2. The van der Waals surface area contributed by atoms with Crippen LogP contribution in [0.25, 0.3) is 0 Å². The summed E-state index contributed by atoms with van der Waals surface area (Å²) in [7, 11) is 0. The zero-order valence-electron chi connectivity index (χ0n) is 10.1. The number of rotatable bonds is 3. The first-order valence-corrected chi connectivity index (χ1v) is 6.03. The van der Waals surface area contributed by atoms with Gasteiger partial charge in [-0.3, -0.25) is 14.7 Å². The van der Waals surface area contributed by atoms with Crippen LogP contribution in [-0.4, -0.2) is 46.5 Å². The molecule has 1 fully saturated rings. The summed E-state index contributed by atoms with van der Waals surface area (Å²) >= 11 is 0. The van der Waals surface area contributed by atoms with Gasteiger partial charge in [-0.15, -0.1) is 0 Å². The van der Waals surface area contributed by atoms with Gasteiger partial charge in [-0.1, -0.05) is 0 Å². The Morgan fingerprint density at radius 2 is 2.11 bits per heavy atom. The fourth-order valence-corrected chi connectivity index (χ4v) is 1.98. The first-order valence-electron chi connectivity index (χ1n) is 6.03. The smallest absolute Gasteiger partial charge is 0.257 e. The van der Waals surface area contributed by atoms with Crippen molar-refractivity contribution < 1.29 is 9.59 Å². The van der Waals surface area contributed by atoms with Gasteiger partial charge in [0.25, 0.3) is 5.91 Å². The van der Waals surface area contributed by atoms with Gasteiger partial charge in [0, 0.05) is 13.1 Å². The van der Waals surface area contributed by atoms with Gasteiger partial charge < -0.3 is 16.0 Å². The van der Waals surface area contributed by atoms with Crippen molar-refractivity contribution in [1.29, 1.82) is 0 Å². The molecule has 7 heteroatoms. The summed E-state index contributed by atoms with van der Waals surface area (Å²) < 4.78 is 0. The minimum absolute atomic E-state index is 0.00343. The van der Waals surface area contributed by atoms with Crippen molar-refractivity contribution in [3.63, 3.8) is 0 Å². The second kappa shape index (κ2) is 5.52. The summed E-state index contributed by atoms with van der Waals surface area (Å²) in [6.45, 7) is 1.56. The minimum Gasteiger partial charge on any atom is -0.383 e. The fraction of sp³-hybridized carbons (Fsp3) is 0.545. The molecule has 0 atom stereocenters. The number of nitrogens with zero attached hydrogens (tertiary/aromatic N) is 2. The summed E-state index contributed by atoms with van der Waals surface area (Å²) in [5, 5.41) is 8.68. The van der Waals surface area contributed by atoms with E-state index in [1.165, 1.54) is 12.6 Å². The van der Waals surface area contributed by atoms with E-state index in [9.17, 15) is 9.59 Å². The second-order valence-corrected chi connectivity index (χ2v) is 4.32. The SMILES string of the molecule is Nc1[nH]ncc1C(=O)NCC(=O)N1CCCCC1. The van der Waals surface area contributed by atoms with Crippen molar-refractivity contribution in [3.8, 4) is 0 Å². The summed E-state index contributed by atoms with van der Waals surface area (Å²) in [6.07, 6.45) is 4.58. The number of hydrogen-bond acceptors (Lipinski definition) is 4. The van der Waals surface area contributed by atoms with Crippen LogP contribution in [0.3, 0.4) is 0 Å². The average Bonchev–Trinajstić information content (AvgIpc) is 2.83. The van der Waals surface area contributed by atoms with E-state index in [1.54, 1.807) is 4.90 Å². The highest BCUT2D eigenvalue weighted by Crippen LogP contribution is 2.09. The van der Waals surface area contributed by atoms with E-state index >= 15 is 0 Å². The molecule has 4 N–H and O–H groups in total. The van der Waals surface area contributed by atoms with Gasteiger partial charge in [-0.2, -0.15) is 5.10 Å². The number of aromatic amines is 1. The Balaban J connectivity index is 1.82. The van der Waals surface area contributed by atoms with E-state index in [0.717, 1.165) is 25.9 Å². The van der Waals surface area contributed by atoms with E-state index < -0.39 is 0 Å². The summed E-state index contributed by atoms with van der Waals surface area (Å²) in [4.78, 5) is 25.3. The Hall–Kier alpha value is -2.05. The molecule has 2 rings (SSSR count). The lowest BCUT2D eigenvalue weighted by molar-refractivity contribution is -0.130. The monoisotopic (exact) mass is 251 g/mol. The lowest BCUT2D eigenvalue weighted by Gasteiger charge is -2.26. The van der Waals surface area contributed by atoms with Crippen LogP contribution in [0.5, 0.6) is 0 Å². The Bertz CT molecular complexity index is 436. The third kappa shape index (κ3) is 2.79. The third-order valence-electron chi connectivity index (χ3n) is 3.02. The van der Waals surface area contributed by atoms with E-state index in [4.69, 9.17) is 5.73 Å². The number of amides is 2. The number of hydrogen-bond donors (Lipinski definition) is 3. The number of H-pyrrole nitrogens is 1. The molecule has 1 saturated heterocycles. The van der Waals surface area contributed by atoms with Gasteiger partial charge in [0.1, 0.15) is 11.4 Å². The molecule has 2 amide bonds. The molecule has 18 heavy (non-hydrogen) atoms. The van der Waals surface area contributed by atoms with Crippen molar-refractivity contribution in [2.75, 3.05) is 25.4 Å². The van der Waals surface area contributed by atoms with Gasteiger partial charge in [0.15, 0.2) is 0 Å². The van der Waals surface area contributed by atoms with Crippen molar-refractivity contribution >= 4 is 17.6 Å². The maximum atomic E-state index is 11.8. The van der Waals surface area contributed by atoms with Gasteiger partial charge in [0.2, 0.25) is 5.91 Å². The molecule has 0 spiro atoms. The molecule has 7 nitrogen and oxygen atoms in total. The maximum absolute atomic E-state index is 11.8. The van der Waals surface area contributed by atoms with Crippen LogP contribution in [0.1, 0.15) is 29.6 Å². The van der Waals surface area contributed by atoms with E-state index in [2.05, 4.69) is 15.5 Å². The number of nitrogens with two attached hydrogens (primary N) is 1. The first-order chi connectivity index (χ1) is 8.68. The zero-order valence-corrected chi connectivity index (χ0v) is 10.1.